The number of aromatic nitrogens is 2. The molecular weight excluding hydrogens is 338 g/mol. The molecule has 5 nitrogen and oxygen atoms in total. The lowest BCUT2D eigenvalue weighted by atomic mass is 10.0. The number of aryl methyl sites for hydroxylation is 3. The van der Waals surface area contributed by atoms with Gasteiger partial charge in [0.15, 0.2) is 0 Å². The molecule has 1 N–H and O–H groups in total. The Bertz CT molecular complexity index is 960. The zero-order valence-electron chi connectivity index (χ0n) is 16.5. The monoisotopic (exact) mass is 365 g/mol. The number of hydrogen-bond donors (Lipinski definition) is 1. The third-order valence-electron chi connectivity index (χ3n) is 4.90. The molecule has 2 aromatic heterocycles. The van der Waals surface area contributed by atoms with Crippen LogP contribution >= 0.6 is 0 Å². The molecule has 5 heteroatoms. The van der Waals surface area contributed by atoms with Crippen LogP contribution in [0, 0.1) is 20.8 Å². The maximum atomic E-state index is 12.5. The van der Waals surface area contributed by atoms with Gasteiger partial charge in [0.25, 0.3) is 0 Å². The Morgan fingerprint density at radius 2 is 1.96 bits per heavy atom. The fourth-order valence-corrected chi connectivity index (χ4v) is 3.20. The van der Waals surface area contributed by atoms with Gasteiger partial charge in [0.2, 0.25) is 5.91 Å². The van der Waals surface area contributed by atoms with Gasteiger partial charge in [0, 0.05) is 32.0 Å². The minimum Gasteiger partial charge on any atom is -0.385 e. The number of nitrogens with one attached hydrogen (secondary N) is 1. The van der Waals surface area contributed by atoms with Crippen LogP contribution in [0.25, 0.3) is 16.9 Å². The number of carbonyl (C=O) groups is 1. The number of imidazole rings is 1. The summed E-state index contributed by atoms with van der Waals surface area (Å²) in [5.74, 6) is -0.000470. The average molecular weight is 365 g/mol. The quantitative estimate of drug-likeness (QED) is 0.651. The summed E-state index contributed by atoms with van der Waals surface area (Å²) in [6.07, 6.45) is 3.08. The van der Waals surface area contributed by atoms with Crippen molar-refractivity contribution in [3.8, 4) is 11.3 Å². The first-order valence-corrected chi connectivity index (χ1v) is 9.31. The van der Waals surface area contributed by atoms with Gasteiger partial charge in [0.1, 0.15) is 5.65 Å². The minimum absolute atomic E-state index is 0.000470. The van der Waals surface area contributed by atoms with E-state index in [4.69, 9.17) is 9.72 Å². The lowest BCUT2D eigenvalue weighted by molar-refractivity contribution is -0.120. The number of rotatable bonds is 7. The van der Waals surface area contributed by atoms with E-state index in [-0.39, 0.29) is 5.91 Å². The Morgan fingerprint density at radius 1 is 1.15 bits per heavy atom. The molecule has 0 fully saturated rings. The fraction of sp³-hybridized carbons (Fsp3) is 0.364. The molecule has 0 saturated heterocycles. The highest BCUT2D eigenvalue weighted by Crippen LogP contribution is 2.27. The minimum atomic E-state index is -0.000470. The van der Waals surface area contributed by atoms with Crippen LogP contribution in [0.2, 0.25) is 0 Å². The summed E-state index contributed by atoms with van der Waals surface area (Å²) in [6, 6.07) is 10.4. The van der Waals surface area contributed by atoms with Crippen LogP contribution in [0.15, 0.2) is 36.5 Å². The van der Waals surface area contributed by atoms with Crippen molar-refractivity contribution in [3.63, 3.8) is 0 Å². The van der Waals surface area contributed by atoms with E-state index in [2.05, 4.69) is 37.4 Å². The second-order valence-electron chi connectivity index (χ2n) is 6.96. The van der Waals surface area contributed by atoms with Crippen LogP contribution in [0.4, 0.5) is 0 Å². The van der Waals surface area contributed by atoms with Crippen molar-refractivity contribution in [3.05, 3.63) is 58.9 Å². The highest BCUT2D eigenvalue weighted by Gasteiger charge is 2.18. The number of nitrogens with zero attached hydrogens (tertiary/aromatic N) is 2. The third-order valence-corrected chi connectivity index (χ3v) is 4.90. The van der Waals surface area contributed by atoms with Gasteiger partial charge >= 0.3 is 0 Å². The first kappa shape index (κ1) is 19.1. The Morgan fingerprint density at radius 3 is 2.70 bits per heavy atom. The van der Waals surface area contributed by atoms with E-state index >= 15 is 0 Å². The van der Waals surface area contributed by atoms with Crippen LogP contribution in [-0.2, 0) is 16.0 Å². The molecule has 0 spiro atoms. The van der Waals surface area contributed by atoms with E-state index in [0.717, 1.165) is 34.6 Å². The second kappa shape index (κ2) is 8.35. The number of carbonyl (C=O) groups excluding carboxylic acids is 1. The van der Waals surface area contributed by atoms with Crippen LogP contribution in [-0.4, -0.2) is 35.6 Å². The van der Waals surface area contributed by atoms with Crippen molar-refractivity contribution >= 4 is 11.6 Å². The van der Waals surface area contributed by atoms with Gasteiger partial charge in [-0.05, 0) is 56.0 Å². The van der Waals surface area contributed by atoms with Crippen LogP contribution in [0.3, 0.4) is 0 Å². The Balaban J connectivity index is 1.97. The number of amides is 1. The maximum Gasteiger partial charge on any atom is 0.226 e. The molecule has 27 heavy (non-hydrogen) atoms. The summed E-state index contributed by atoms with van der Waals surface area (Å²) in [5.41, 5.74) is 7.29. The molecule has 0 atom stereocenters. The normalized spacial score (nSPS) is 11.1. The highest BCUT2D eigenvalue weighted by atomic mass is 16.5. The number of benzene rings is 1. The van der Waals surface area contributed by atoms with Gasteiger partial charge in [-0.15, -0.1) is 0 Å². The summed E-state index contributed by atoms with van der Waals surface area (Å²) in [4.78, 5) is 17.4. The summed E-state index contributed by atoms with van der Waals surface area (Å²) >= 11 is 0. The van der Waals surface area contributed by atoms with E-state index in [1.807, 2.05) is 29.7 Å². The summed E-state index contributed by atoms with van der Waals surface area (Å²) in [7, 11) is 1.67. The van der Waals surface area contributed by atoms with Crippen molar-refractivity contribution in [2.45, 2.75) is 33.6 Å². The average Bonchev–Trinajstić information content (AvgIpc) is 3.01. The molecule has 0 unspecified atom stereocenters. The second-order valence-corrected chi connectivity index (χ2v) is 6.96. The highest BCUT2D eigenvalue weighted by molar-refractivity contribution is 5.82. The van der Waals surface area contributed by atoms with Gasteiger partial charge in [0.05, 0.1) is 17.8 Å². The number of hydrogen-bond acceptors (Lipinski definition) is 3. The maximum absolute atomic E-state index is 12.5. The van der Waals surface area contributed by atoms with Gasteiger partial charge in [-0.25, -0.2) is 4.98 Å². The standard InChI is InChI=1S/C22H27N3O2/c1-15-8-9-18(13-17(15)3)21-19(14-20(26)23-10-6-12-27-4)25-11-5-7-16(2)22(25)24-21/h5,7-9,11,13H,6,10,12,14H2,1-4H3,(H,23,26). The molecule has 0 aliphatic heterocycles. The number of ether oxygens (including phenoxy) is 1. The van der Waals surface area contributed by atoms with Crippen molar-refractivity contribution in [2.24, 2.45) is 0 Å². The SMILES string of the molecule is COCCCNC(=O)Cc1c(-c2ccc(C)c(C)c2)nc2c(C)cccn12. The van der Waals surface area contributed by atoms with E-state index < -0.39 is 0 Å². The Kier molecular flexibility index (Phi) is 5.91. The molecule has 0 aliphatic carbocycles. The molecule has 1 aromatic carbocycles. The van der Waals surface area contributed by atoms with Gasteiger partial charge in [-0.3, -0.25) is 4.79 Å². The van der Waals surface area contributed by atoms with Crippen LogP contribution < -0.4 is 5.32 Å². The first-order chi connectivity index (χ1) is 13.0. The van der Waals surface area contributed by atoms with E-state index in [1.54, 1.807) is 7.11 Å². The molecule has 142 valence electrons. The van der Waals surface area contributed by atoms with Crippen molar-refractivity contribution in [2.75, 3.05) is 20.3 Å². The number of fused-ring (bicyclic) bond motifs is 1. The molecule has 3 rings (SSSR count). The lowest BCUT2D eigenvalue weighted by Gasteiger charge is -2.08. The summed E-state index contributed by atoms with van der Waals surface area (Å²) in [6.45, 7) is 7.49. The Hall–Kier alpha value is -2.66. The molecule has 0 radical (unpaired) electrons. The van der Waals surface area contributed by atoms with Crippen molar-refractivity contribution < 1.29 is 9.53 Å². The third kappa shape index (κ3) is 4.19. The molecule has 0 bridgehead atoms. The van der Waals surface area contributed by atoms with E-state index in [0.29, 0.717) is 19.6 Å². The number of methoxy groups -OCH3 is 1. The molecule has 2 heterocycles. The summed E-state index contributed by atoms with van der Waals surface area (Å²) < 4.78 is 7.07. The van der Waals surface area contributed by atoms with Crippen molar-refractivity contribution in [1.82, 2.24) is 14.7 Å². The predicted octanol–water partition coefficient (Wildman–Crippen LogP) is 3.62. The predicted molar refractivity (Wildman–Crippen MR) is 108 cm³/mol. The zero-order valence-corrected chi connectivity index (χ0v) is 16.5. The van der Waals surface area contributed by atoms with Gasteiger partial charge < -0.3 is 14.5 Å². The van der Waals surface area contributed by atoms with Crippen LogP contribution in [0.5, 0.6) is 0 Å². The lowest BCUT2D eigenvalue weighted by Crippen LogP contribution is -2.27. The molecule has 0 aliphatic rings. The van der Waals surface area contributed by atoms with Gasteiger partial charge in [-0.2, -0.15) is 0 Å². The molecule has 1 amide bonds. The van der Waals surface area contributed by atoms with Gasteiger partial charge in [-0.1, -0.05) is 18.2 Å². The molecule has 3 aromatic rings. The van der Waals surface area contributed by atoms with E-state index in [1.165, 1.54) is 11.1 Å². The van der Waals surface area contributed by atoms with Crippen molar-refractivity contribution in [1.29, 1.82) is 0 Å². The smallest absolute Gasteiger partial charge is 0.226 e. The molecule has 0 saturated carbocycles. The first-order valence-electron chi connectivity index (χ1n) is 9.31. The zero-order chi connectivity index (χ0) is 19.4. The fourth-order valence-electron chi connectivity index (χ4n) is 3.20. The largest absolute Gasteiger partial charge is 0.385 e. The number of pyridine rings is 1. The van der Waals surface area contributed by atoms with E-state index in [9.17, 15) is 4.79 Å². The Labute approximate surface area is 160 Å². The summed E-state index contributed by atoms with van der Waals surface area (Å²) in [5, 5.41) is 2.97. The molecular formula is C22H27N3O2. The van der Waals surface area contributed by atoms with Crippen LogP contribution in [0.1, 0.15) is 28.8 Å². The topological polar surface area (TPSA) is 55.6 Å².